The van der Waals surface area contributed by atoms with Gasteiger partial charge < -0.3 is 9.47 Å². The Hall–Kier alpha value is -1.39. The Morgan fingerprint density at radius 1 is 1.47 bits per heavy atom. The number of carbonyl (C=O) groups excluding carboxylic acids is 3. The fourth-order valence-corrected chi connectivity index (χ4v) is 3.44. The third-order valence-corrected chi connectivity index (χ3v) is 4.75. The van der Waals surface area contributed by atoms with E-state index in [9.17, 15) is 14.4 Å². The van der Waals surface area contributed by atoms with E-state index < -0.39 is 11.0 Å². The molecule has 2 aliphatic rings. The molecule has 106 valence electrons. The topological polar surface area (TPSA) is 69.7 Å². The summed E-state index contributed by atoms with van der Waals surface area (Å²) in [5.41, 5.74) is -1.61. The Morgan fingerprint density at radius 2 is 2.16 bits per heavy atom. The van der Waals surface area contributed by atoms with Gasteiger partial charge in [0.1, 0.15) is 11.4 Å². The maximum absolute atomic E-state index is 12.6. The summed E-state index contributed by atoms with van der Waals surface area (Å²) in [6, 6.07) is 0. The first-order valence-corrected chi connectivity index (χ1v) is 6.68. The minimum atomic E-state index is -0.851. The highest BCUT2D eigenvalue weighted by atomic mass is 16.6. The molecule has 0 N–H and O–H groups in total. The van der Waals surface area contributed by atoms with Gasteiger partial charge in [-0.25, -0.2) is 0 Å². The summed E-state index contributed by atoms with van der Waals surface area (Å²) in [6.45, 7) is 3.70. The molecule has 0 bridgehead atoms. The van der Waals surface area contributed by atoms with Crippen molar-refractivity contribution in [3.8, 4) is 0 Å². The van der Waals surface area contributed by atoms with Crippen LogP contribution in [-0.4, -0.2) is 30.4 Å². The molecule has 2 rings (SSSR count). The average Bonchev–Trinajstić information content (AvgIpc) is 2.64. The van der Waals surface area contributed by atoms with E-state index in [4.69, 9.17) is 4.74 Å². The largest absolute Gasteiger partial charge is 0.469 e. The van der Waals surface area contributed by atoms with Crippen LogP contribution in [0.2, 0.25) is 0 Å². The molecular weight excluding hydrogens is 248 g/mol. The third kappa shape index (κ3) is 2.05. The summed E-state index contributed by atoms with van der Waals surface area (Å²) in [5.74, 6) is -0.729. The SMILES string of the molecule is COC(=O)CC[C@@]12CC(=O)O[C@]1(C)CC[C@H](C)C2=O. The van der Waals surface area contributed by atoms with E-state index in [1.54, 1.807) is 0 Å². The molecule has 1 saturated carbocycles. The Balaban J connectivity index is 2.30. The summed E-state index contributed by atoms with van der Waals surface area (Å²) in [4.78, 5) is 35.6. The van der Waals surface area contributed by atoms with Crippen LogP contribution in [0.15, 0.2) is 0 Å². The molecule has 5 heteroatoms. The van der Waals surface area contributed by atoms with Gasteiger partial charge in [-0.2, -0.15) is 0 Å². The lowest BCUT2D eigenvalue weighted by Crippen LogP contribution is -2.54. The van der Waals surface area contributed by atoms with Crippen LogP contribution < -0.4 is 0 Å². The Morgan fingerprint density at radius 3 is 2.79 bits per heavy atom. The number of carbonyl (C=O) groups is 3. The Kier molecular flexibility index (Phi) is 3.41. The molecule has 0 radical (unpaired) electrons. The molecule has 1 aliphatic carbocycles. The van der Waals surface area contributed by atoms with Gasteiger partial charge in [0.05, 0.1) is 18.9 Å². The molecule has 0 aromatic heterocycles. The lowest BCUT2D eigenvalue weighted by molar-refractivity contribution is -0.161. The van der Waals surface area contributed by atoms with E-state index in [1.807, 2.05) is 13.8 Å². The molecule has 1 aliphatic heterocycles. The van der Waals surface area contributed by atoms with E-state index in [0.29, 0.717) is 12.8 Å². The van der Waals surface area contributed by atoms with Gasteiger partial charge in [0, 0.05) is 12.3 Å². The van der Waals surface area contributed by atoms with Crippen molar-refractivity contribution in [3.63, 3.8) is 0 Å². The van der Waals surface area contributed by atoms with Gasteiger partial charge in [-0.3, -0.25) is 14.4 Å². The van der Waals surface area contributed by atoms with Crippen LogP contribution in [0, 0.1) is 11.3 Å². The van der Waals surface area contributed by atoms with Gasteiger partial charge in [-0.05, 0) is 26.2 Å². The number of ether oxygens (including phenoxy) is 2. The van der Waals surface area contributed by atoms with Gasteiger partial charge in [-0.1, -0.05) is 6.92 Å². The Labute approximate surface area is 112 Å². The maximum Gasteiger partial charge on any atom is 0.307 e. The van der Waals surface area contributed by atoms with Crippen LogP contribution in [0.25, 0.3) is 0 Å². The van der Waals surface area contributed by atoms with Crippen LogP contribution >= 0.6 is 0 Å². The molecule has 0 spiro atoms. The first-order chi connectivity index (χ1) is 8.84. The molecular formula is C14H20O5. The van der Waals surface area contributed by atoms with Gasteiger partial charge in [0.15, 0.2) is 0 Å². The fraction of sp³-hybridized carbons (Fsp3) is 0.786. The first kappa shape index (κ1) is 14.0. The summed E-state index contributed by atoms with van der Waals surface area (Å²) >= 11 is 0. The second-order valence-electron chi connectivity index (χ2n) is 5.84. The lowest BCUT2D eigenvalue weighted by atomic mass is 9.58. The molecule has 0 unspecified atom stereocenters. The highest BCUT2D eigenvalue weighted by Gasteiger charge is 2.64. The molecule has 5 nitrogen and oxygen atoms in total. The highest BCUT2D eigenvalue weighted by Crippen LogP contribution is 2.55. The van der Waals surface area contributed by atoms with E-state index in [-0.39, 0.29) is 36.5 Å². The predicted molar refractivity (Wildman–Crippen MR) is 66.2 cm³/mol. The molecule has 0 aromatic carbocycles. The van der Waals surface area contributed by atoms with Crippen LogP contribution in [0.4, 0.5) is 0 Å². The van der Waals surface area contributed by atoms with Crippen molar-refractivity contribution >= 4 is 17.7 Å². The van der Waals surface area contributed by atoms with Crippen molar-refractivity contribution in [1.82, 2.24) is 0 Å². The zero-order valence-corrected chi connectivity index (χ0v) is 11.7. The van der Waals surface area contributed by atoms with E-state index in [2.05, 4.69) is 4.74 Å². The molecule has 1 heterocycles. The smallest absolute Gasteiger partial charge is 0.307 e. The van der Waals surface area contributed by atoms with Crippen molar-refractivity contribution in [1.29, 1.82) is 0 Å². The summed E-state index contributed by atoms with van der Waals surface area (Å²) in [5, 5.41) is 0. The van der Waals surface area contributed by atoms with Crippen molar-refractivity contribution in [2.24, 2.45) is 11.3 Å². The van der Waals surface area contributed by atoms with Crippen molar-refractivity contribution in [2.75, 3.05) is 7.11 Å². The third-order valence-electron chi connectivity index (χ3n) is 4.75. The number of fused-ring (bicyclic) bond motifs is 1. The maximum atomic E-state index is 12.6. The van der Waals surface area contributed by atoms with Gasteiger partial charge >= 0.3 is 11.9 Å². The van der Waals surface area contributed by atoms with Crippen LogP contribution in [0.5, 0.6) is 0 Å². The Bertz CT molecular complexity index is 430. The monoisotopic (exact) mass is 268 g/mol. The molecule has 19 heavy (non-hydrogen) atoms. The van der Waals surface area contributed by atoms with Gasteiger partial charge in [-0.15, -0.1) is 0 Å². The second-order valence-corrected chi connectivity index (χ2v) is 5.84. The molecule has 1 saturated heterocycles. The van der Waals surface area contributed by atoms with Crippen molar-refractivity contribution in [3.05, 3.63) is 0 Å². The average molecular weight is 268 g/mol. The first-order valence-electron chi connectivity index (χ1n) is 6.68. The predicted octanol–water partition coefficient (Wildman–Crippen LogP) is 1.63. The highest BCUT2D eigenvalue weighted by molar-refractivity contribution is 5.95. The zero-order chi connectivity index (χ0) is 14.3. The van der Waals surface area contributed by atoms with Crippen molar-refractivity contribution < 1.29 is 23.9 Å². The molecule has 2 fully saturated rings. The van der Waals surface area contributed by atoms with E-state index in [0.717, 1.165) is 6.42 Å². The number of Topliss-reactive ketones (excluding diaryl/α,β-unsaturated/α-hetero) is 1. The standard InChI is InChI=1S/C14H20O5/c1-9-4-6-13(2)14(12(9)17,8-11(16)19-13)7-5-10(15)18-3/h9H,4-8H2,1-3H3/t9-,13+,14-/m0/s1. The number of ketones is 1. The zero-order valence-electron chi connectivity index (χ0n) is 11.7. The molecule has 3 atom stereocenters. The second kappa shape index (κ2) is 4.62. The summed E-state index contributed by atoms with van der Waals surface area (Å²) in [6.07, 6.45) is 1.95. The summed E-state index contributed by atoms with van der Waals surface area (Å²) < 4.78 is 10.1. The number of methoxy groups -OCH3 is 1. The van der Waals surface area contributed by atoms with E-state index in [1.165, 1.54) is 7.11 Å². The fourth-order valence-electron chi connectivity index (χ4n) is 3.44. The van der Waals surface area contributed by atoms with Crippen LogP contribution in [0.3, 0.4) is 0 Å². The number of rotatable bonds is 3. The molecule has 0 amide bonds. The summed E-state index contributed by atoms with van der Waals surface area (Å²) in [7, 11) is 1.32. The van der Waals surface area contributed by atoms with Gasteiger partial charge in [0.25, 0.3) is 0 Å². The number of hydrogen-bond acceptors (Lipinski definition) is 5. The molecule has 0 aromatic rings. The lowest BCUT2D eigenvalue weighted by Gasteiger charge is -2.45. The number of esters is 2. The normalized spacial score (nSPS) is 37.7. The minimum Gasteiger partial charge on any atom is -0.469 e. The van der Waals surface area contributed by atoms with Crippen LogP contribution in [-0.2, 0) is 23.9 Å². The number of hydrogen-bond donors (Lipinski definition) is 0. The van der Waals surface area contributed by atoms with E-state index >= 15 is 0 Å². The quantitative estimate of drug-likeness (QED) is 0.728. The van der Waals surface area contributed by atoms with Crippen LogP contribution in [0.1, 0.15) is 46.0 Å². The minimum absolute atomic E-state index is 0.0519. The van der Waals surface area contributed by atoms with Gasteiger partial charge in [0.2, 0.25) is 0 Å². The van der Waals surface area contributed by atoms with Crippen molar-refractivity contribution in [2.45, 2.75) is 51.6 Å².